The quantitative estimate of drug-likeness (QED) is 0.650. The first kappa shape index (κ1) is 12.1. The number of halogens is 2. The highest BCUT2D eigenvalue weighted by Crippen LogP contribution is 2.24. The molecular formula is C11H11F2N3S. The van der Waals surface area contributed by atoms with E-state index >= 15 is 0 Å². The van der Waals surface area contributed by atoms with Crippen molar-refractivity contribution < 1.29 is 8.78 Å². The molecule has 1 heterocycles. The number of benzene rings is 1. The fourth-order valence-electron chi connectivity index (χ4n) is 1.62. The molecule has 90 valence electrons. The molecule has 0 aliphatic rings. The summed E-state index contributed by atoms with van der Waals surface area (Å²) in [6.07, 6.45) is 2.00. The second kappa shape index (κ2) is 5.31. The molecule has 2 rings (SSSR count). The average Bonchev–Trinajstić information content (AvgIpc) is 2.80. The summed E-state index contributed by atoms with van der Waals surface area (Å²) in [6, 6.07) is 3.13. The minimum atomic E-state index is -0.623. The first-order valence-electron chi connectivity index (χ1n) is 5.00. The summed E-state index contributed by atoms with van der Waals surface area (Å²) in [5.41, 5.74) is 2.37. The molecule has 1 aromatic carbocycles. The summed E-state index contributed by atoms with van der Waals surface area (Å²) in [5.74, 6) is 4.14. The first-order valence-corrected chi connectivity index (χ1v) is 5.88. The van der Waals surface area contributed by atoms with E-state index in [-0.39, 0.29) is 5.56 Å². The van der Waals surface area contributed by atoms with Gasteiger partial charge in [-0.2, -0.15) is 0 Å². The van der Waals surface area contributed by atoms with Crippen molar-refractivity contribution >= 4 is 11.3 Å². The van der Waals surface area contributed by atoms with Crippen molar-refractivity contribution in [2.75, 3.05) is 0 Å². The normalized spacial score (nSPS) is 12.6. The Bertz CT molecular complexity index is 467. The molecule has 1 atom stereocenters. The Morgan fingerprint density at radius 3 is 2.59 bits per heavy atom. The van der Waals surface area contributed by atoms with Crippen molar-refractivity contribution in [1.29, 1.82) is 0 Å². The minimum absolute atomic E-state index is 0.0507. The average molecular weight is 255 g/mol. The molecule has 0 bridgehead atoms. The van der Waals surface area contributed by atoms with Crippen LogP contribution in [0.5, 0.6) is 0 Å². The molecule has 0 spiro atoms. The van der Waals surface area contributed by atoms with E-state index in [1.807, 2.05) is 0 Å². The van der Waals surface area contributed by atoms with Gasteiger partial charge in [0.2, 0.25) is 0 Å². The van der Waals surface area contributed by atoms with Crippen LogP contribution in [0, 0.1) is 11.6 Å². The predicted molar refractivity (Wildman–Crippen MR) is 62.2 cm³/mol. The summed E-state index contributed by atoms with van der Waals surface area (Å²) in [5, 5.41) is 2.58. The maximum absolute atomic E-state index is 13.6. The zero-order valence-electron chi connectivity index (χ0n) is 8.86. The van der Waals surface area contributed by atoms with Gasteiger partial charge in [-0.25, -0.2) is 13.8 Å². The molecule has 0 amide bonds. The van der Waals surface area contributed by atoms with E-state index in [0.29, 0.717) is 6.42 Å². The van der Waals surface area contributed by atoms with Crippen LogP contribution in [0.3, 0.4) is 0 Å². The molecule has 6 heteroatoms. The lowest BCUT2D eigenvalue weighted by molar-refractivity contribution is 0.472. The van der Waals surface area contributed by atoms with E-state index < -0.39 is 17.7 Å². The van der Waals surface area contributed by atoms with Gasteiger partial charge in [0.15, 0.2) is 0 Å². The van der Waals surface area contributed by atoms with E-state index in [4.69, 9.17) is 5.84 Å². The van der Waals surface area contributed by atoms with Crippen LogP contribution in [0.4, 0.5) is 8.78 Å². The third-order valence-electron chi connectivity index (χ3n) is 2.41. The number of nitrogens with two attached hydrogens (primary N) is 1. The Morgan fingerprint density at radius 1 is 1.35 bits per heavy atom. The molecule has 17 heavy (non-hydrogen) atoms. The van der Waals surface area contributed by atoms with Gasteiger partial charge in [0, 0.05) is 23.6 Å². The van der Waals surface area contributed by atoms with E-state index in [2.05, 4.69) is 10.4 Å². The zero-order chi connectivity index (χ0) is 12.3. The summed E-state index contributed by atoms with van der Waals surface area (Å²) in [4.78, 5) is 4.07. The number of nitrogens with one attached hydrogen (secondary N) is 1. The minimum Gasteiger partial charge on any atom is -0.271 e. The van der Waals surface area contributed by atoms with E-state index in [1.54, 1.807) is 11.6 Å². The molecule has 0 radical (unpaired) electrons. The zero-order valence-corrected chi connectivity index (χ0v) is 9.68. The molecule has 1 aromatic heterocycles. The largest absolute Gasteiger partial charge is 0.271 e. The number of hydrazine groups is 1. The highest BCUT2D eigenvalue weighted by Gasteiger charge is 2.20. The van der Waals surface area contributed by atoms with Crippen molar-refractivity contribution in [3.63, 3.8) is 0 Å². The van der Waals surface area contributed by atoms with Crippen LogP contribution in [-0.2, 0) is 6.42 Å². The van der Waals surface area contributed by atoms with Crippen molar-refractivity contribution in [2.24, 2.45) is 5.84 Å². The van der Waals surface area contributed by atoms with Crippen LogP contribution in [0.25, 0.3) is 0 Å². The molecule has 0 saturated heterocycles. The lowest BCUT2D eigenvalue weighted by Crippen LogP contribution is -2.31. The SMILES string of the molecule is NNC(Cc1nccs1)c1c(F)cccc1F. The Hall–Kier alpha value is -1.37. The second-order valence-corrected chi connectivity index (χ2v) is 4.46. The Balaban J connectivity index is 2.29. The second-order valence-electron chi connectivity index (χ2n) is 3.48. The van der Waals surface area contributed by atoms with Crippen molar-refractivity contribution in [2.45, 2.75) is 12.5 Å². The molecule has 0 fully saturated rings. The van der Waals surface area contributed by atoms with Gasteiger partial charge in [-0.15, -0.1) is 11.3 Å². The van der Waals surface area contributed by atoms with Gasteiger partial charge in [0.05, 0.1) is 11.0 Å². The number of hydrogen-bond acceptors (Lipinski definition) is 4. The standard InChI is InChI=1S/C11H11F2N3S/c12-7-2-1-3-8(13)11(7)9(16-14)6-10-15-4-5-17-10/h1-5,9,16H,6,14H2. The molecule has 0 aliphatic carbocycles. The Morgan fingerprint density at radius 2 is 2.06 bits per heavy atom. The third kappa shape index (κ3) is 2.66. The fraction of sp³-hybridized carbons (Fsp3) is 0.182. The smallest absolute Gasteiger partial charge is 0.130 e. The summed E-state index contributed by atoms with van der Waals surface area (Å²) < 4.78 is 27.1. The molecule has 3 N–H and O–H groups in total. The summed E-state index contributed by atoms with van der Waals surface area (Å²) in [6.45, 7) is 0. The predicted octanol–water partition coefficient (Wildman–Crippen LogP) is 2.17. The Labute approximate surface area is 101 Å². The number of hydrogen-bond donors (Lipinski definition) is 2. The molecule has 1 unspecified atom stereocenters. The van der Waals surface area contributed by atoms with Crippen LogP contribution in [0.2, 0.25) is 0 Å². The lowest BCUT2D eigenvalue weighted by Gasteiger charge is -2.16. The maximum Gasteiger partial charge on any atom is 0.130 e. The number of rotatable bonds is 4. The summed E-state index contributed by atoms with van der Waals surface area (Å²) >= 11 is 1.42. The molecule has 3 nitrogen and oxygen atoms in total. The highest BCUT2D eigenvalue weighted by atomic mass is 32.1. The van der Waals surface area contributed by atoms with Gasteiger partial charge >= 0.3 is 0 Å². The number of thiazole rings is 1. The molecule has 0 aliphatic heterocycles. The van der Waals surface area contributed by atoms with E-state index in [0.717, 1.165) is 5.01 Å². The third-order valence-corrected chi connectivity index (χ3v) is 3.21. The lowest BCUT2D eigenvalue weighted by atomic mass is 10.0. The van der Waals surface area contributed by atoms with Crippen molar-refractivity contribution in [3.8, 4) is 0 Å². The van der Waals surface area contributed by atoms with Crippen LogP contribution >= 0.6 is 11.3 Å². The summed E-state index contributed by atoms with van der Waals surface area (Å²) in [7, 11) is 0. The van der Waals surface area contributed by atoms with E-state index in [9.17, 15) is 8.78 Å². The monoisotopic (exact) mass is 255 g/mol. The highest BCUT2D eigenvalue weighted by molar-refractivity contribution is 7.09. The number of nitrogens with zero attached hydrogens (tertiary/aromatic N) is 1. The number of aromatic nitrogens is 1. The van der Waals surface area contributed by atoms with Crippen molar-refractivity contribution in [3.05, 3.63) is 52.0 Å². The van der Waals surface area contributed by atoms with Crippen LogP contribution in [0.1, 0.15) is 16.6 Å². The maximum atomic E-state index is 13.6. The van der Waals surface area contributed by atoms with Gasteiger partial charge in [0.25, 0.3) is 0 Å². The molecule has 2 aromatic rings. The fourth-order valence-corrected chi connectivity index (χ4v) is 2.28. The van der Waals surface area contributed by atoms with E-state index in [1.165, 1.54) is 29.5 Å². The molecule has 0 saturated carbocycles. The van der Waals surface area contributed by atoms with Crippen molar-refractivity contribution in [1.82, 2.24) is 10.4 Å². The topological polar surface area (TPSA) is 50.9 Å². The van der Waals surface area contributed by atoms with Crippen LogP contribution in [0.15, 0.2) is 29.8 Å². The Kier molecular flexibility index (Phi) is 3.78. The van der Waals surface area contributed by atoms with Gasteiger partial charge in [0.1, 0.15) is 11.6 Å². The van der Waals surface area contributed by atoms with Gasteiger partial charge in [-0.1, -0.05) is 6.07 Å². The van der Waals surface area contributed by atoms with Crippen LogP contribution < -0.4 is 11.3 Å². The molecular weight excluding hydrogens is 244 g/mol. The van der Waals surface area contributed by atoms with Gasteiger partial charge in [-0.3, -0.25) is 11.3 Å². The van der Waals surface area contributed by atoms with Gasteiger partial charge in [-0.05, 0) is 12.1 Å². The van der Waals surface area contributed by atoms with Crippen LogP contribution in [-0.4, -0.2) is 4.98 Å². The first-order chi connectivity index (χ1) is 8.22. The van der Waals surface area contributed by atoms with Gasteiger partial charge < -0.3 is 0 Å².